The highest BCUT2D eigenvalue weighted by Gasteiger charge is 2.17. The number of non-ortho nitro benzene ring substituents is 1. The number of hydrogen-bond donors (Lipinski definition) is 3. The van der Waals surface area contributed by atoms with Gasteiger partial charge in [-0.15, -0.1) is 0 Å². The first-order valence-electron chi connectivity index (χ1n) is 9.90. The summed E-state index contributed by atoms with van der Waals surface area (Å²) in [4.78, 5) is 59.3. The van der Waals surface area contributed by atoms with Crippen LogP contribution in [0, 0.1) is 10.1 Å². The molecule has 0 atom stereocenters. The van der Waals surface area contributed by atoms with E-state index in [1.807, 2.05) is 0 Å². The summed E-state index contributed by atoms with van der Waals surface area (Å²) in [6, 6.07) is 16.9. The molecular formula is C23H18N4O7S. The normalized spacial score (nSPS) is 10.1. The average Bonchev–Trinajstić information content (AvgIpc) is 2.88. The van der Waals surface area contributed by atoms with Crippen LogP contribution in [0.1, 0.15) is 26.3 Å². The third-order valence-corrected chi connectivity index (χ3v) is 5.17. The van der Waals surface area contributed by atoms with E-state index in [1.54, 1.807) is 30.3 Å². The van der Waals surface area contributed by atoms with E-state index in [-0.39, 0.29) is 34.0 Å². The Balaban J connectivity index is 1.87. The van der Waals surface area contributed by atoms with Crippen LogP contribution in [0.25, 0.3) is 0 Å². The highest BCUT2D eigenvalue weighted by molar-refractivity contribution is 8.12. The minimum absolute atomic E-state index is 0.0741. The highest BCUT2D eigenvalue weighted by atomic mass is 32.2. The van der Waals surface area contributed by atoms with Crippen LogP contribution in [0.15, 0.2) is 72.8 Å². The molecule has 0 aliphatic rings. The number of carbonyl (C=O) groups excluding carboxylic acids is 4. The summed E-state index contributed by atoms with van der Waals surface area (Å²) in [5.41, 5.74) is 0.845. The van der Waals surface area contributed by atoms with Gasteiger partial charge in [0.15, 0.2) is 5.78 Å². The number of urea groups is 1. The molecule has 3 rings (SSSR count). The lowest BCUT2D eigenvalue weighted by molar-refractivity contribution is -0.384. The average molecular weight is 494 g/mol. The molecular weight excluding hydrogens is 476 g/mol. The standard InChI is InChI=1S/C23H18N4O7S/c1-34-23(31)35-26-22(30)25-19-13-16(20(28)14-5-3-2-4-6-14)9-12-18(19)24-21(29)15-7-10-17(11-8-15)27(32)33/h2-13H,1H3,(H,24,29)(H2,25,26,30). The second-order valence-electron chi connectivity index (χ2n) is 6.83. The first kappa shape index (κ1) is 24.9. The van der Waals surface area contributed by atoms with Gasteiger partial charge in [0.05, 0.1) is 35.4 Å². The van der Waals surface area contributed by atoms with Crippen LogP contribution in [0.4, 0.5) is 26.7 Å². The number of ether oxygens (including phenoxy) is 1. The number of nitrogens with one attached hydrogen (secondary N) is 3. The number of benzene rings is 3. The summed E-state index contributed by atoms with van der Waals surface area (Å²) >= 11 is 0.399. The zero-order chi connectivity index (χ0) is 25.4. The van der Waals surface area contributed by atoms with Crippen molar-refractivity contribution in [3.8, 4) is 0 Å². The van der Waals surface area contributed by atoms with Crippen molar-refractivity contribution in [1.29, 1.82) is 0 Å². The first-order valence-corrected chi connectivity index (χ1v) is 10.7. The third-order valence-electron chi connectivity index (χ3n) is 4.55. The smallest absolute Gasteiger partial charge is 0.387 e. The summed E-state index contributed by atoms with van der Waals surface area (Å²) in [5, 5.41) is 15.2. The number of nitro benzene ring substituents is 1. The summed E-state index contributed by atoms with van der Waals surface area (Å²) in [6.07, 6.45) is 0. The van der Waals surface area contributed by atoms with Crippen LogP contribution >= 0.6 is 11.9 Å². The quantitative estimate of drug-likeness (QED) is 0.147. The lowest BCUT2D eigenvalue weighted by Crippen LogP contribution is -2.25. The van der Waals surface area contributed by atoms with Crippen molar-refractivity contribution in [2.75, 3.05) is 17.7 Å². The minimum atomic E-state index is -0.810. The van der Waals surface area contributed by atoms with E-state index in [2.05, 4.69) is 20.1 Å². The number of hydrogen-bond acceptors (Lipinski definition) is 8. The molecule has 3 aromatic carbocycles. The van der Waals surface area contributed by atoms with Crippen LogP contribution in [-0.2, 0) is 4.74 Å². The summed E-state index contributed by atoms with van der Waals surface area (Å²) < 4.78 is 6.66. The summed E-state index contributed by atoms with van der Waals surface area (Å²) in [6.45, 7) is 0. The Bertz CT molecular complexity index is 1280. The molecule has 0 saturated heterocycles. The Labute approximate surface area is 203 Å². The number of methoxy groups -OCH3 is 1. The van der Waals surface area contributed by atoms with E-state index in [0.717, 1.165) is 7.11 Å². The lowest BCUT2D eigenvalue weighted by atomic mass is 10.0. The van der Waals surface area contributed by atoms with Crippen molar-refractivity contribution in [3.63, 3.8) is 0 Å². The molecule has 3 aromatic rings. The van der Waals surface area contributed by atoms with Crippen LogP contribution in [0.3, 0.4) is 0 Å². The van der Waals surface area contributed by atoms with Crippen molar-refractivity contribution in [2.45, 2.75) is 0 Å². The second kappa shape index (κ2) is 11.4. The molecule has 3 N–H and O–H groups in total. The second-order valence-corrected chi connectivity index (χ2v) is 7.57. The molecule has 0 spiro atoms. The largest absolute Gasteiger partial charge is 0.460 e. The number of carbonyl (C=O) groups is 4. The summed E-state index contributed by atoms with van der Waals surface area (Å²) in [7, 11) is 1.15. The zero-order valence-corrected chi connectivity index (χ0v) is 19.0. The molecule has 11 nitrogen and oxygen atoms in total. The Kier molecular flexibility index (Phi) is 8.14. The fraction of sp³-hybridized carbons (Fsp3) is 0.0435. The van der Waals surface area contributed by atoms with Crippen LogP contribution in [0.5, 0.6) is 0 Å². The van der Waals surface area contributed by atoms with Gasteiger partial charge in [-0.25, -0.2) is 9.59 Å². The molecule has 0 radical (unpaired) electrons. The maximum Gasteiger partial charge on any atom is 0.387 e. The number of rotatable bonds is 6. The van der Waals surface area contributed by atoms with Crippen LogP contribution in [0.2, 0.25) is 0 Å². The predicted molar refractivity (Wildman–Crippen MR) is 130 cm³/mol. The van der Waals surface area contributed by atoms with Crippen molar-refractivity contribution in [2.24, 2.45) is 0 Å². The van der Waals surface area contributed by atoms with E-state index >= 15 is 0 Å². The molecule has 0 bridgehead atoms. The van der Waals surface area contributed by atoms with E-state index in [4.69, 9.17) is 0 Å². The van der Waals surface area contributed by atoms with E-state index in [1.165, 1.54) is 42.5 Å². The Morgan fingerprint density at radius 1 is 0.829 bits per heavy atom. The van der Waals surface area contributed by atoms with Gasteiger partial charge in [0.25, 0.3) is 11.6 Å². The van der Waals surface area contributed by atoms with E-state index < -0.39 is 22.2 Å². The zero-order valence-electron chi connectivity index (χ0n) is 18.1. The van der Waals surface area contributed by atoms with Gasteiger partial charge in [-0.3, -0.25) is 24.4 Å². The van der Waals surface area contributed by atoms with Gasteiger partial charge in [0.2, 0.25) is 0 Å². The van der Waals surface area contributed by atoms with Crippen molar-refractivity contribution in [3.05, 3.63) is 99.6 Å². The van der Waals surface area contributed by atoms with Crippen molar-refractivity contribution >= 4 is 52.0 Å². The first-order chi connectivity index (χ1) is 16.8. The fourth-order valence-corrected chi connectivity index (χ4v) is 3.17. The number of nitrogens with zero attached hydrogens (tertiary/aromatic N) is 1. The summed E-state index contributed by atoms with van der Waals surface area (Å²) in [5.74, 6) is -0.916. The predicted octanol–water partition coefficient (Wildman–Crippen LogP) is 4.61. The van der Waals surface area contributed by atoms with Crippen LogP contribution in [-0.4, -0.2) is 35.1 Å². The molecule has 0 aliphatic heterocycles. The molecule has 0 unspecified atom stereocenters. The molecule has 12 heteroatoms. The van der Waals surface area contributed by atoms with Gasteiger partial charge < -0.3 is 15.4 Å². The highest BCUT2D eigenvalue weighted by Crippen LogP contribution is 2.26. The molecule has 0 fully saturated rings. The van der Waals surface area contributed by atoms with Gasteiger partial charge in [-0.1, -0.05) is 30.3 Å². The van der Waals surface area contributed by atoms with Crippen molar-refractivity contribution < 1.29 is 28.8 Å². The molecule has 0 heterocycles. The van der Waals surface area contributed by atoms with Gasteiger partial charge in [0.1, 0.15) is 0 Å². The number of nitro groups is 1. The van der Waals surface area contributed by atoms with E-state index in [9.17, 15) is 29.3 Å². The van der Waals surface area contributed by atoms with E-state index in [0.29, 0.717) is 17.5 Å². The Morgan fingerprint density at radius 3 is 2.11 bits per heavy atom. The van der Waals surface area contributed by atoms with Gasteiger partial charge >= 0.3 is 11.3 Å². The maximum absolute atomic E-state index is 12.8. The molecule has 35 heavy (non-hydrogen) atoms. The minimum Gasteiger partial charge on any atom is -0.460 e. The molecule has 3 amide bonds. The fourth-order valence-electron chi connectivity index (χ4n) is 2.86. The SMILES string of the molecule is COC(=O)SNC(=O)Nc1cc(C(=O)c2ccccc2)ccc1NC(=O)c1ccc([N+](=O)[O-])cc1. The molecule has 0 aromatic heterocycles. The van der Waals surface area contributed by atoms with Crippen LogP contribution < -0.4 is 15.4 Å². The Morgan fingerprint density at radius 2 is 1.49 bits per heavy atom. The van der Waals surface area contributed by atoms with Gasteiger partial charge in [-0.2, -0.15) is 0 Å². The molecule has 0 aliphatic carbocycles. The monoisotopic (exact) mass is 494 g/mol. The molecule has 178 valence electrons. The topological polar surface area (TPSA) is 157 Å². The number of amides is 3. The molecule has 0 saturated carbocycles. The van der Waals surface area contributed by atoms with Gasteiger partial charge in [-0.05, 0) is 30.3 Å². The maximum atomic E-state index is 12.8. The number of anilines is 2. The lowest BCUT2D eigenvalue weighted by Gasteiger charge is -2.14. The third kappa shape index (κ3) is 6.65. The Hall–Kier alpha value is -4.71. The number of ketones is 1. The van der Waals surface area contributed by atoms with Gasteiger partial charge in [0, 0.05) is 28.8 Å². The van der Waals surface area contributed by atoms with Crippen molar-refractivity contribution in [1.82, 2.24) is 4.72 Å².